The molecule has 1 fully saturated rings. The first-order chi connectivity index (χ1) is 7.26. The summed E-state index contributed by atoms with van der Waals surface area (Å²) in [4.78, 5) is 2.54. The number of likely N-dealkylation sites (tertiary alicyclic amines) is 1. The largest absolute Gasteiger partial charge is 0.396 e. The topological polar surface area (TPSA) is 35.5 Å². The number of rotatable bonds is 6. The molecule has 15 heavy (non-hydrogen) atoms. The average Bonchev–Trinajstić information content (AvgIpc) is 2.27. The molecule has 0 aromatic heterocycles. The SMILES string of the molecule is CCNCC(C)CN1CCC(CO)CC1. The highest BCUT2D eigenvalue weighted by molar-refractivity contribution is 4.73. The van der Waals surface area contributed by atoms with E-state index in [0.717, 1.165) is 19.0 Å². The summed E-state index contributed by atoms with van der Waals surface area (Å²) in [6.07, 6.45) is 2.34. The average molecular weight is 214 g/mol. The van der Waals surface area contributed by atoms with E-state index in [4.69, 9.17) is 5.11 Å². The van der Waals surface area contributed by atoms with Gasteiger partial charge in [-0.2, -0.15) is 0 Å². The summed E-state index contributed by atoms with van der Waals surface area (Å²) in [5.74, 6) is 1.29. The Morgan fingerprint density at radius 2 is 2.07 bits per heavy atom. The molecule has 1 aliphatic rings. The van der Waals surface area contributed by atoms with Crippen molar-refractivity contribution >= 4 is 0 Å². The van der Waals surface area contributed by atoms with Crippen LogP contribution in [0.15, 0.2) is 0 Å². The zero-order valence-electron chi connectivity index (χ0n) is 10.2. The van der Waals surface area contributed by atoms with E-state index in [1.165, 1.54) is 32.5 Å². The zero-order valence-corrected chi connectivity index (χ0v) is 10.2. The number of hydrogen-bond acceptors (Lipinski definition) is 3. The predicted octanol–water partition coefficient (Wildman–Crippen LogP) is 0.936. The van der Waals surface area contributed by atoms with Gasteiger partial charge in [-0.05, 0) is 50.9 Å². The number of aliphatic hydroxyl groups is 1. The van der Waals surface area contributed by atoms with E-state index < -0.39 is 0 Å². The molecular formula is C12H26N2O. The van der Waals surface area contributed by atoms with Crippen LogP contribution in [0.5, 0.6) is 0 Å². The molecule has 90 valence electrons. The molecule has 1 atom stereocenters. The van der Waals surface area contributed by atoms with Crippen molar-refractivity contribution in [3.8, 4) is 0 Å². The van der Waals surface area contributed by atoms with Crippen molar-refractivity contribution in [2.45, 2.75) is 26.7 Å². The molecule has 1 heterocycles. The molecule has 1 saturated heterocycles. The second-order valence-corrected chi connectivity index (χ2v) is 4.84. The van der Waals surface area contributed by atoms with Crippen molar-refractivity contribution in [1.29, 1.82) is 0 Å². The van der Waals surface area contributed by atoms with Crippen LogP contribution in [0.4, 0.5) is 0 Å². The highest BCUT2D eigenvalue weighted by atomic mass is 16.3. The van der Waals surface area contributed by atoms with Crippen LogP contribution in [0, 0.1) is 11.8 Å². The van der Waals surface area contributed by atoms with Gasteiger partial charge >= 0.3 is 0 Å². The monoisotopic (exact) mass is 214 g/mol. The van der Waals surface area contributed by atoms with Crippen molar-refractivity contribution in [3.05, 3.63) is 0 Å². The van der Waals surface area contributed by atoms with Gasteiger partial charge in [0.1, 0.15) is 0 Å². The smallest absolute Gasteiger partial charge is 0.0460 e. The molecule has 0 bridgehead atoms. The van der Waals surface area contributed by atoms with Crippen LogP contribution >= 0.6 is 0 Å². The fourth-order valence-electron chi connectivity index (χ4n) is 2.25. The van der Waals surface area contributed by atoms with Gasteiger partial charge in [0.2, 0.25) is 0 Å². The molecular weight excluding hydrogens is 188 g/mol. The lowest BCUT2D eigenvalue weighted by atomic mass is 9.97. The number of aliphatic hydroxyl groups excluding tert-OH is 1. The Kier molecular flexibility index (Phi) is 6.22. The molecule has 0 aromatic rings. The molecule has 0 spiro atoms. The number of hydrogen-bond donors (Lipinski definition) is 2. The Morgan fingerprint density at radius 1 is 1.40 bits per heavy atom. The fourth-order valence-corrected chi connectivity index (χ4v) is 2.25. The highest BCUT2D eigenvalue weighted by Gasteiger charge is 2.19. The fraction of sp³-hybridized carbons (Fsp3) is 1.00. The van der Waals surface area contributed by atoms with Gasteiger partial charge in [0, 0.05) is 13.2 Å². The molecule has 0 aromatic carbocycles. The molecule has 1 unspecified atom stereocenters. The van der Waals surface area contributed by atoms with E-state index in [1.807, 2.05) is 0 Å². The predicted molar refractivity (Wildman–Crippen MR) is 64.0 cm³/mol. The normalized spacial score (nSPS) is 21.8. The zero-order chi connectivity index (χ0) is 11.1. The number of nitrogens with zero attached hydrogens (tertiary/aromatic N) is 1. The lowest BCUT2D eigenvalue weighted by molar-refractivity contribution is 0.121. The maximum atomic E-state index is 9.05. The summed E-state index contributed by atoms with van der Waals surface area (Å²) in [5, 5.41) is 12.4. The standard InChI is InChI=1S/C12H26N2O/c1-3-13-8-11(2)9-14-6-4-12(10-15)5-7-14/h11-13,15H,3-10H2,1-2H3. The van der Waals surface area contributed by atoms with E-state index >= 15 is 0 Å². The molecule has 3 nitrogen and oxygen atoms in total. The van der Waals surface area contributed by atoms with E-state index in [9.17, 15) is 0 Å². The van der Waals surface area contributed by atoms with Crippen LogP contribution in [-0.4, -0.2) is 49.3 Å². The van der Waals surface area contributed by atoms with E-state index in [0.29, 0.717) is 12.5 Å². The Hall–Kier alpha value is -0.120. The molecule has 0 aliphatic carbocycles. The minimum Gasteiger partial charge on any atom is -0.396 e. The van der Waals surface area contributed by atoms with Gasteiger partial charge in [-0.25, -0.2) is 0 Å². The van der Waals surface area contributed by atoms with Gasteiger partial charge in [0.05, 0.1) is 0 Å². The Labute approximate surface area is 93.9 Å². The molecule has 0 amide bonds. The summed E-state index contributed by atoms with van der Waals surface area (Å²) >= 11 is 0. The molecule has 2 N–H and O–H groups in total. The van der Waals surface area contributed by atoms with Gasteiger partial charge in [-0.1, -0.05) is 13.8 Å². The van der Waals surface area contributed by atoms with Crippen molar-refractivity contribution < 1.29 is 5.11 Å². The van der Waals surface area contributed by atoms with Crippen molar-refractivity contribution in [1.82, 2.24) is 10.2 Å². The summed E-state index contributed by atoms with van der Waals surface area (Å²) in [7, 11) is 0. The van der Waals surface area contributed by atoms with Crippen molar-refractivity contribution in [3.63, 3.8) is 0 Å². The van der Waals surface area contributed by atoms with E-state index in [2.05, 4.69) is 24.1 Å². The molecule has 3 heteroatoms. The summed E-state index contributed by atoms with van der Waals surface area (Å²) < 4.78 is 0. The maximum absolute atomic E-state index is 9.05. The summed E-state index contributed by atoms with van der Waals surface area (Å²) in [6, 6.07) is 0. The molecule has 1 rings (SSSR count). The van der Waals surface area contributed by atoms with Crippen LogP contribution in [0.1, 0.15) is 26.7 Å². The summed E-state index contributed by atoms with van der Waals surface area (Å²) in [6.45, 7) is 10.6. The Morgan fingerprint density at radius 3 is 2.60 bits per heavy atom. The third-order valence-electron chi connectivity index (χ3n) is 3.28. The van der Waals surface area contributed by atoms with Crippen LogP contribution in [0.25, 0.3) is 0 Å². The van der Waals surface area contributed by atoms with E-state index in [1.54, 1.807) is 0 Å². The maximum Gasteiger partial charge on any atom is 0.0460 e. The first-order valence-corrected chi connectivity index (χ1v) is 6.30. The van der Waals surface area contributed by atoms with Gasteiger partial charge in [-0.3, -0.25) is 0 Å². The Balaban J connectivity index is 2.12. The lowest BCUT2D eigenvalue weighted by Gasteiger charge is -2.32. The lowest BCUT2D eigenvalue weighted by Crippen LogP contribution is -2.39. The van der Waals surface area contributed by atoms with Crippen molar-refractivity contribution in [2.75, 3.05) is 39.3 Å². The molecule has 0 radical (unpaired) electrons. The third kappa shape index (κ3) is 4.96. The van der Waals surface area contributed by atoms with Crippen LogP contribution in [0.3, 0.4) is 0 Å². The van der Waals surface area contributed by atoms with Gasteiger partial charge in [0.15, 0.2) is 0 Å². The molecule has 0 saturated carbocycles. The van der Waals surface area contributed by atoms with Crippen molar-refractivity contribution in [2.24, 2.45) is 11.8 Å². The first-order valence-electron chi connectivity index (χ1n) is 6.30. The highest BCUT2D eigenvalue weighted by Crippen LogP contribution is 2.17. The van der Waals surface area contributed by atoms with Gasteiger partial charge in [-0.15, -0.1) is 0 Å². The second kappa shape index (κ2) is 7.20. The van der Waals surface area contributed by atoms with Crippen LogP contribution < -0.4 is 5.32 Å². The van der Waals surface area contributed by atoms with Gasteiger partial charge in [0.25, 0.3) is 0 Å². The van der Waals surface area contributed by atoms with Crippen LogP contribution in [-0.2, 0) is 0 Å². The minimum absolute atomic E-state index is 0.376. The quantitative estimate of drug-likeness (QED) is 0.690. The summed E-state index contributed by atoms with van der Waals surface area (Å²) in [5.41, 5.74) is 0. The number of nitrogens with one attached hydrogen (secondary N) is 1. The second-order valence-electron chi connectivity index (χ2n) is 4.84. The van der Waals surface area contributed by atoms with Gasteiger partial charge < -0.3 is 15.3 Å². The van der Waals surface area contributed by atoms with Crippen LogP contribution in [0.2, 0.25) is 0 Å². The number of piperidine rings is 1. The molecule has 1 aliphatic heterocycles. The first kappa shape index (κ1) is 12.9. The van der Waals surface area contributed by atoms with E-state index in [-0.39, 0.29) is 0 Å². The Bertz CT molecular complexity index is 156. The minimum atomic E-state index is 0.376. The third-order valence-corrected chi connectivity index (χ3v) is 3.28.